The first-order valence-corrected chi connectivity index (χ1v) is 9.44. The SMILES string of the molecule is COc1ccc(-c2cc3nc(CN4CCCCC4)[nH]c(=O)c3s2)cc1. The zero-order valence-electron chi connectivity index (χ0n) is 14.2. The van der Waals surface area contributed by atoms with E-state index in [4.69, 9.17) is 9.72 Å². The van der Waals surface area contributed by atoms with Crippen LogP contribution >= 0.6 is 11.3 Å². The molecule has 1 aliphatic heterocycles. The second-order valence-corrected chi connectivity index (χ2v) is 7.46. The first-order valence-electron chi connectivity index (χ1n) is 8.62. The molecular weight excluding hydrogens is 334 g/mol. The van der Waals surface area contributed by atoms with Crippen LogP contribution in [0.5, 0.6) is 5.75 Å². The van der Waals surface area contributed by atoms with Gasteiger partial charge in [-0.1, -0.05) is 6.42 Å². The Morgan fingerprint density at radius 3 is 2.68 bits per heavy atom. The van der Waals surface area contributed by atoms with E-state index < -0.39 is 0 Å². The summed E-state index contributed by atoms with van der Waals surface area (Å²) in [6.45, 7) is 2.89. The van der Waals surface area contributed by atoms with Gasteiger partial charge in [0.2, 0.25) is 0 Å². The lowest BCUT2D eigenvalue weighted by atomic mass is 10.1. The Bertz CT molecular complexity index is 924. The summed E-state index contributed by atoms with van der Waals surface area (Å²) in [5, 5.41) is 0. The van der Waals surface area contributed by atoms with Gasteiger partial charge in [0.1, 0.15) is 16.3 Å². The van der Waals surface area contributed by atoms with Crippen molar-refractivity contribution < 1.29 is 4.74 Å². The number of benzene rings is 1. The second kappa shape index (κ2) is 6.98. The number of hydrogen-bond donors (Lipinski definition) is 1. The van der Waals surface area contributed by atoms with Crippen molar-refractivity contribution in [3.8, 4) is 16.2 Å². The van der Waals surface area contributed by atoms with Gasteiger partial charge in [-0.15, -0.1) is 11.3 Å². The minimum atomic E-state index is -0.0400. The fraction of sp³-hybridized carbons (Fsp3) is 0.368. The molecule has 3 heterocycles. The molecule has 0 saturated carbocycles. The molecule has 0 spiro atoms. The van der Waals surface area contributed by atoms with Gasteiger partial charge in [0.05, 0.1) is 19.2 Å². The van der Waals surface area contributed by atoms with Crippen molar-refractivity contribution in [2.75, 3.05) is 20.2 Å². The van der Waals surface area contributed by atoms with E-state index >= 15 is 0 Å². The zero-order chi connectivity index (χ0) is 17.2. The van der Waals surface area contributed by atoms with E-state index in [1.54, 1.807) is 7.11 Å². The minimum absolute atomic E-state index is 0.0400. The van der Waals surface area contributed by atoms with Crippen molar-refractivity contribution in [1.29, 1.82) is 0 Å². The van der Waals surface area contributed by atoms with Gasteiger partial charge in [-0.2, -0.15) is 0 Å². The number of piperidine rings is 1. The third kappa shape index (κ3) is 3.45. The molecule has 1 saturated heterocycles. The summed E-state index contributed by atoms with van der Waals surface area (Å²) in [5.74, 6) is 1.59. The van der Waals surface area contributed by atoms with E-state index in [1.807, 2.05) is 30.3 Å². The van der Waals surface area contributed by atoms with E-state index in [2.05, 4.69) is 9.88 Å². The van der Waals surface area contributed by atoms with E-state index in [0.29, 0.717) is 4.70 Å². The molecule has 0 unspecified atom stereocenters. The highest BCUT2D eigenvalue weighted by Crippen LogP contribution is 2.31. The molecule has 5 nitrogen and oxygen atoms in total. The fourth-order valence-electron chi connectivity index (χ4n) is 3.29. The zero-order valence-corrected chi connectivity index (χ0v) is 15.1. The van der Waals surface area contributed by atoms with Gasteiger partial charge in [-0.3, -0.25) is 9.69 Å². The lowest BCUT2D eigenvalue weighted by Crippen LogP contribution is -2.30. The number of methoxy groups -OCH3 is 1. The number of likely N-dealkylation sites (tertiary alicyclic amines) is 1. The number of H-pyrrole nitrogens is 1. The molecule has 0 amide bonds. The number of rotatable bonds is 4. The third-order valence-corrected chi connectivity index (χ3v) is 5.80. The average Bonchev–Trinajstić information content (AvgIpc) is 3.07. The molecule has 0 radical (unpaired) electrons. The van der Waals surface area contributed by atoms with Crippen molar-refractivity contribution >= 4 is 21.6 Å². The monoisotopic (exact) mass is 355 g/mol. The summed E-state index contributed by atoms with van der Waals surface area (Å²) in [4.78, 5) is 23.5. The molecule has 25 heavy (non-hydrogen) atoms. The van der Waals surface area contributed by atoms with Gasteiger partial charge >= 0.3 is 0 Å². The highest BCUT2D eigenvalue weighted by Gasteiger charge is 2.14. The molecule has 1 fully saturated rings. The fourth-order valence-corrected chi connectivity index (χ4v) is 4.29. The Morgan fingerprint density at radius 1 is 1.20 bits per heavy atom. The molecule has 130 valence electrons. The van der Waals surface area contributed by atoms with Crippen molar-refractivity contribution in [1.82, 2.24) is 14.9 Å². The second-order valence-electron chi connectivity index (χ2n) is 6.40. The molecule has 1 N–H and O–H groups in total. The lowest BCUT2D eigenvalue weighted by molar-refractivity contribution is 0.216. The van der Waals surface area contributed by atoms with E-state index in [0.717, 1.165) is 47.2 Å². The minimum Gasteiger partial charge on any atom is -0.497 e. The van der Waals surface area contributed by atoms with Crippen LogP contribution < -0.4 is 10.3 Å². The molecule has 4 rings (SSSR count). The Morgan fingerprint density at radius 2 is 1.96 bits per heavy atom. The first-order chi connectivity index (χ1) is 12.2. The summed E-state index contributed by atoms with van der Waals surface area (Å²) in [5.41, 5.74) is 1.81. The van der Waals surface area contributed by atoms with Gasteiger partial charge in [-0.05, 0) is 61.8 Å². The number of nitrogens with one attached hydrogen (secondary N) is 1. The van der Waals surface area contributed by atoms with Crippen LogP contribution in [0.25, 0.3) is 20.7 Å². The van der Waals surface area contributed by atoms with Gasteiger partial charge in [0, 0.05) is 4.88 Å². The van der Waals surface area contributed by atoms with Crippen LogP contribution in [0.2, 0.25) is 0 Å². The van der Waals surface area contributed by atoms with Crippen LogP contribution in [0.3, 0.4) is 0 Å². The Labute approximate surface area is 150 Å². The van der Waals surface area contributed by atoms with Gasteiger partial charge in [0.25, 0.3) is 5.56 Å². The maximum atomic E-state index is 12.5. The van der Waals surface area contributed by atoms with Crippen molar-refractivity contribution in [2.45, 2.75) is 25.8 Å². The predicted octanol–water partition coefficient (Wildman–Crippen LogP) is 3.65. The molecule has 3 aromatic rings. The molecular formula is C19H21N3O2S. The maximum absolute atomic E-state index is 12.5. The summed E-state index contributed by atoms with van der Waals surface area (Å²) in [7, 11) is 1.65. The van der Waals surface area contributed by atoms with Crippen LogP contribution in [0.15, 0.2) is 35.1 Å². The highest BCUT2D eigenvalue weighted by atomic mass is 32.1. The Balaban J connectivity index is 1.65. The van der Waals surface area contributed by atoms with Crippen LogP contribution in [-0.4, -0.2) is 35.1 Å². The topological polar surface area (TPSA) is 58.2 Å². The van der Waals surface area contributed by atoms with Crippen molar-refractivity contribution in [2.24, 2.45) is 0 Å². The summed E-state index contributed by atoms with van der Waals surface area (Å²) >= 11 is 1.48. The Hall–Kier alpha value is -2.18. The van der Waals surface area contributed by atoms with Crippen molar-refractivity contribution in [3.05, 3.63) is 46.5 Å². The number of thiophene rings is 1. The third-order valence-electron chi connectivity index (χ3n) is 4.63. The van der Waals surface area contributed by atoms with E-state index in [1.165, 1.54) is 30.6 Å². The molecule has 1 aliphatic rings. The van der Waals surface area contributed by atoms with Crippen LogP contribution in [0.4, 0.5) is 0 Å². The van der Waals surface area contributed by atoms with Gasteiger partial charge < -0.3 is 9.72 Å². The molecule has 6 heteroatoms. The first kappa shape index (κ1) is 16.3. The summed E-state index contributed by atoms with van der Waals surface area (Å²) in [6, 6.07) is 9.88. The van der Waals surface area contributed by atoms with Crippen LogP contribution in [-0.2, 0) is 6.54 Å². The largest absolute Gasteiger partial charge is 0.497 e. The molecule has 2 aromatic heterocycles. The maximum Gasteiger partial charge on any atom is 0.268 e. The lowest BCUT2D eigenvalue weighted by Gasteiger charge is -2.25. The molecule has 0 atom stereocenters. The van der Waals surface area contributed by atoms with Crippen LogP contribution in [0, 0.1) is 0 Å². The number of aromatic amines is 1. The Kier molecular flexibility index (Phi) is 4.55. The molecule has 1 aromatic carbocycles. The molecule has 0 aliphatic carbocycles. The highest BCUT2D eigenvalue weighted by molar-refractivity contribution is 7.22. The smallest absolute Gasteiger partial charge is 0.268 e. The predicted molar refractivity (Wildman–Crippen MR) is 101 cm³/mol. The van der Waals surface area contributed by atoms with E-state index in [9.17, 15) is 4.79 Å². The summed E-state index contributed by atoms with van der Waals surface area (Å²) < 4.78 is 5.89. The number of fused-ring (bicyclic) bond motifs is 1. The van der Waals surface area contributed by atoms with Gasteiger partial charge in [0.15, 0.2) is 0 Å². The van der Waals surface area contributed by atoms with Gasteiger partial charge in [-0.25, -0.2) is 4.98 Å². The van der Waals surface area contributed by atoms with Crippen molar-refractivity contribution in [3.63, 3.8) is 0 Å². The number of aromatic nitrogens is 2. The quantitative estimate of drug-likeness (QED) is 0.776. The average molecular weight is 355 g/mol. The summed E-state index contributed by atoms with van der Waals surface area (Å²) in [6.07, 6.45) is 3.76. The standard InChI is InChI=1S/C19H21N3O2S/c1-24-14-7-5-13(6-8-14)16-11-15-18(25-16)19(23)21-17(20-15)12-22-9-3-2-4-10-22/h5-8,11H,2-4,9-10,12H2,1H3,(H,20,21,23). The number of ether oxygens (including phenoxy) is 1. The van der Waals surface area contributed by atoms with E-state index in [-0.39, 0.29) is 5.56 Å². The number of nitrogens with zero attached hydrogens (tertiary/aromatic N) is 2. The molecule has 0 bridgehead atoms. The normalized spacial score (nSPS) is 15.6. The van der Waals surface area contributed by atoms with Crippen LogP contribution in [0.1, 0.15) is 25.1 Å². The number of hydrogen-bond acceptors (Lipinski definition) is 5.